The first-order chi connectivity index (χ1) is 12.3. The molecule has 1 aromatic carbocycles. The predicted octanol–water partition coefficient (Wildman–Crippen LogP) is 2.44. The topological polar surface area (TPSA) is 85.8 Å². The van der Waals surface area contributed by atoms with Crippen LogP contribution in [0, 0.1) is 13.8 Å². The van der Waals surface area contributed by atoms with Crippen LogP contribution in [0.3, 0.4) is 0 Å². The van der Waals surface area contributed by atoms with E-state index in [0.717, 1.165) is 0 Å². The summed E-state index contributed by atoms with van der Waals surface area (Å²) in [6.07, 6.45) is 0. The molecular formula is C18H24N4O4. The molecule has 2 rings (SSSR count). The number of carbonyl (C=O) groups excluding carboxylic acids is 1. The highest BCUT2D eigenvalue weighted by Gasteiger charge is 2.19. The quantitative estimate of drug-likeness (QED) is 0.847. The van der Waals surface area contributed by atoms with Crippen molar-refractivity contribution in [2.24, 2.45) is 0 Å². The molecule has 0 saturated carbocycles. The molecule has 1 heterocycles. The number of hydrogen-bond acceptors (Lipinski definition) is 7. The lowest BCUT2D eigenvalue weighted by molar-refractivity contribution is 0.102. The van der Waals surface area contributed by atoms with Gasteiger partial charge in [-0.2, -0.15) is 0 Å². The monoisotopic (exact) mass is 360 g/mol. The lowest BCUT2D eigenvalue weighted by Crippen LogP contribution is -2.18. The van der Waals surface area contributed by atoms with Gasteiger partial charge in [0.25, 0.3) is 5.91 Å². The molecule has 0 fully saturated rings. The molecular weight excluding hydrogens is 336 g/mol. The van der Waals surface area contributed by atoms with E-state index in [4.69, 9.17) is 14.2 Å². The highest BCUT2D eigenvalue weighted by Crippen LogP contribution is 2.38. The SMILES string of the molecule is COc1cc(C(=O)Nc2c(C)nc(N(C)C)nc2C)cc(OC)c1OC. The third-order valence-corrected chi connectivity index (χ3v) is 3.82. The van der Waals surface area contributed by atoms with Gasteiger partial charge < -0.3 is 24.4 Å². The minimum absolute atomic E-state index is 0.323. The van der Waals surface area contributed by atoms with E-state index in [9.17, 15) is 4.79 Å². The lowest BCUT2D eigenvalue weighted by atomic mass is 10.1. The van der Waals surface area contributed by atoms with E-state index in [1.54, 1.807) is 12.1 Å². The van der Waals surface area contributed by atoms with E-state index in [2.05, 4.69) is 15.3 Å². The van der Waals surface area contributed by atoms with E-state index >= 15 is 0 Å². The maximum absolute atomic E-state index is 12.7. The standard InChI is InChI=1S/C18H24N4O4/c1-10-15(11(2)20-18(19-10)22(3)4)21-17(23)12-8-13(24-5)16(26-7)14(9-12)25-6/h8-9H,1-7H3,(H,21,23). The average Bonchev–Trinajstić information content (AvgIpc) is 2.62. The van der Waals surface area contributed by atoms with E-state index in [0.29, 0.717) is 45.8 Å². The third kappa shape index (κ3) is 3.79. The van der Waals surface area contributed by atoms with Gasteiger partial charge in [-0.1, -0.05) is 0 Å². The number of ether oxygens (including phenoxy) is 3. The number of amides is 1. The van der Waals surface area contributed by atoms with Crippen LogP contribution >= 0.6 is 0 Å². The van der Waals surface area contributed by atoms with Crippen LogP contribution in [0.15, 0.2) is 12.1 Å². The summed E-state index contributed by atoms with van der Waals surface area (Å²) in [7, 11) is 8.24. The number of aryl methyl sites for hydroxylation is 2. The summed E-state index contributed by atoms with van der Waals surface area (Å²) in [5.74, 6) is 1.51. The zero-order valence-corrected chi connectivity index (χ0v) is 16.1. The number of methoxy groups -OCH3 is 3. The Labute approximate surface area is 153 Å². The second-order valence-corrected chi connectivity index (χ2v) is 5.83. The Balaban J connectivity index is 2.39. The van der Waals surface area contributed by atoms with Crippen molar-refractivity contribution in [3.8, 4) is 17.2 Å². The van der Waals surface area contributed by atoms with Crippen molar-refractivity contribution >= 4 is 17.5 Å². The van der Waals surface area contributed by atoms with Crippen LogP contribution in [0.4, 0.5) is 11.6 Å². The highest BCUT2D eigenvalue weighted by molar-refractivity contribution is 6.05. The van der Waals surface area contributed by atoms with E-state index in [1.165, 1.54) is 21.3 Å². The fourth-order valence-corrected chi connectivity index (χ4v) is 2.48. The van der Waals surface area contributed by atoms with Gasteiger partial charge in [0.05, 0.1) is 38.4 Å². The number of aromatic nitrogens is 2. The molecule has 1 amide bonds. The number of rotatable bonds is 6. The number of nitrogens with zero attached hydrogens (tertiary/aromatic N) is 3. The Morgan fingerprint density at radius 2 is 1.46 bits per heavy atom. The second-order valence-electron chi connectivity index (χ2n) is 5.83. The molecule has 26 heavy (non-hydrogen) atoms. The van der Waals surface area contributed by atoms with Gasteiger partial charge in [-0.15, -0.1) is 0 Å². The van der Waals surface area contributed by atoms with Crippen LogP contribution in [0.5, 0.6) is 17.2 Å². The van der Waals surface area contributed by atoms with Crippen molar-refractivity contribution < 1.29 is 19.0 Å². The van der Waals surface area contributed by atoms with Gasteiger partial charge in [-0.3, -0.25) is 4.79 Å². The maximum atomic E-state index is 12.7. The normalized spacial score (nSPS) is 10.3. The Morgan fingerprint density at radius 1 is 0.962 bits per heavy atom. The molecule has 0 aliphatic rings. The van der Waals surface area contributed by atoms with Crippen LogP contribution in [-0.2, 0) is 0 Å². The second kappa shape index (κ2) is 7.90. The Morgan fingerprint density at radius 3 is 1.85 bits per heavy atom. The van der Waals surface area contributed by atoms with E-state index < -0.39 is 0 Å². The molecule has 0 aliphatic heterocycles. The molecule has 1 aromatic heterocycles. The fourth-order valence-electron chi connectivity index (χ4n) is 2.48. The number of benzene rings is 1. The zero-order valence-electron chi connectivity index (χ0n) is 16.1. The van der Waals surface area contributed by atoms with Gasteiger partial charge in [0.15, 0.2) is 11.5 Å². The van der Waals surface area contributed by atoms with Gasteiger partial charge in [0.2, 0.25) is 11.7 Å². The summed E-state index contributed by atoms with van der Waals surface area (Å²) < 4.78 is 15.9. The van der Waals surface area contributed by atoms with Crippen molar-refractivity contribution in [3.05, 3.63) is 29.1 Å². The van der Waals surface area contributed by atoms with E-state index in [1.807, 2.05) is 32.8 Å². The summed E-state index contributed by atoms with van der Waals surface area (Å²) >= 11 is 0. The summed E-state index contributed by atoms with van der Waals surface area (Å²) in [5, 5.41) is 2.87. The van der Waals surface area contributed by atoms with Crippen LogP contribution < -0.4 is 24.4 Å². The summed E-state index contributed by atoms with van der Waals surface area (Å²) in [5.41, 5.74) is 2.31. The van der Waals surface area contributed by atoms with Crippen molar-refractivity contribution in [1.29, 1.82) is 0 Å². The predicted molar refractivity (Wildman–Crippen MR) is 99.9 cm³/mol. The molecule has 0 aliphatic carbocycles. The molecule has 140 valence electrons. The first-order valence-corrected chi connectivity index (χ1v) is 7.96. The minimum Gasteiger partial charge on any atom is -0.493 e. The first-order valence-electron chi connectivity index (χ1n) is 7.96. The van der Waals surface area contributed by atoms with Crippen LogP contribution in [0.25, 0.3) is 0 Å². The Bertz CT molecular complexity index is 773. The van der Waals surface area contributed by atoms with Crippen LogP contribution in [0.1, 0.15) is 21.7 Å². The Kier molecular flexibility index (Phi) is 5.86. The van der Waals surface area contributed by atoms with Crippen LogP contribution in [0.2, 0.25) is 0 Å². The number of hydrogen-bond donors (Lipinski definition) is 1. The van der Waals surface area contributed by atoms with Gasteiger partial charge >= 0.3 is 0 Å². The number of carbonyl (C=O) groups is 1. The van der Waals surface area contributed by atoms with Gasteiger partial charge in [0, 0.05) is 19.7 Å². The molecule has 0 radical (unpaired) electrons. The van der Waals surface area contributed by atoms with Crippen molar-refractivity contribution in [2.45, 2.75) is 13.8 Å². The molecule has 0 bridgehead atoms. The molecule has 8 heteroatoms. The molecule has 0 atom stereocenters. The molecule has 8 nitrogen and oxygen atoms in total. The fraction of sp³-hybridized carbons (Fsp3) is 0.389. The molecule has 0 unspecified atom stereocenters. The zero-order chi connectivity index (χ0) is 19.4. The summed E-state index contributed by atoms with van der Waals surface area (Å²) in [6, 6.07) is 3.19. The van der Waals surface area contributed by atoms with Crippen molar-refractivity contribution in [2.75, 3.05) is 45.6 Å². The maximum Gasteiger partial charge on any atom is 0.256 e. The van der Waals surface area contributed by atoms with Gasteiger partial charge in [-0.25, -0.2) is 9.97 Å². The Hall–Kier alpha value is -3.03. The van der Waals surface area contributed by atoms with Gasteiger partial charge in [-0.05, 0) is 26.0 Å². The van der Waals surface area contributed by atoms with E-state index in [-0.39, 0.29) is 5.91 Å². The highest BCUT2D eigenvalue weighted by atomic mass is 16.5. The van der Waals surface area contributed by atoms with Gasteiger partial charge in [0.1, 0.15) is 0 Å². The third-order valence-electron chi connectivity index (χ3n) is 3.82. The number of nitrogens with one attached hydrogen (secondary N) is 1. The summed E-state index contributed by atoms with van der Waals surface area (Å²) in [6.45, 7) is 3.65. The molecule has 0 saturated heterocycles. The number of anilines is 2. The molecule has 2 aromatic rings. The summed E-state index contributed by atoms with van der Waals surface area (Å²) in [4.78, 5) is 23.4. The molecule has 1 N–H and O–H groups in total. The first kappa shape index (κ1) is 19.3. The smallest absolute Gasteiger partial charge is 0.256 e. The molecule has 0 spiro atoms. The lowest BCUT2D eigenvalue weighted by Gasteiger charge is -2.17. The minimum atomic E-state index is -0.323. The average molecular weight is 360 g/mol. The largest absolute Gasteiger partial charge is 0.493 e. The van der Waals surface area contributed by atoms with Crippen molar-refractivity contribution in [3.63, 3.8) is 0 Å². The van der Waals surface area contributed by atoms with Crippen molar-refractivity contribution in [1.82, 2.24) is 9.97 Å². The van der Waals surface area contributed by atoms with Crippen LogP contribution in [-0.4, -0.2) is 51.3 Å².